The average Bonchev–Trinajstić information content (AvgIpc) is 2.50. The maximum Gasteiger partial charge on any atom is 0.139 e. The van der Waals surface area contributed by atoms with E-state index in [0.717, 1.165) is 12.0 Å². The van der Waals surface area contributed by atoms with E-state index in [9.17, 15) is 5.11 Å². The topological polar surface area (TPSA) is 29.5 Å². The number of hydrogen-bond donors (Lipinski definition) is 1. The van der Waals surface area contributed by atoms with Gasteiger partial charge in [-0.3, -0.25) is 0 Å². The largest absolute Gasteiger partial charge is 0.492 e. The molecule has 0 fully saturated rings. The number of halogens is 2. The first-order valence-corrected chi connectivity index (χ1v) is 7.71. The molecular weight excluding hydrogens is 307 g/mol. The maximum absolute atomic E-state index is 10.5. The fourth-order valence-corrected chi connectivity index (χ4v) is 2.62. The lowest BCUT2D eigenvalue weighted by molar-refractivity contribution is 0.220. The van der Waals surface area contributed by atoms with Crippen molar-refractivity contribution in [2.24, 2.45) is 0 Å². The molecule has 1 N–H and O–H groups in total. The number of aliphatic hydroxyl groups is 1. The quantitative estimate of drug-likeness (QED) is 0.835. The van der Waals surface area contributed by atoms with Crippen molar-refractivity contribution in [3.05, 3.63) is 63.1 Å². The van der Waals surface area contributed by atoms with E-state index in [1.807, 2.05) is 31.2 Å². The van der Waals surface area contributed by atoms with Gasteiger partial charge in [-0.25, -0.2) is 0 Å². The van der Waals surface area contributed by atoms with Crippen molar-refractivity contribution in [1.82, 2.24) is 0 Å². The molecule has 0 amide bonds. The van der Waals surface area contributed by atoms with Gasteiger partial charge in [0.05, 0.1) is 16.7 Å². The van der Waals surface area contributed by atoms with Crippen LogP contribution in [0, 0.1) is 0 Å². The third-order valence-electron chi connectivity index (χ3n) is 3.35. The van der Waals surface area contributed by atoms with Crippen LogP contribution in [0.3, 0.4) is 0 Å². The maximum atomic E-state index is 10.5. The number of hydrogen-bond acceptors (Lipinski definition) is 2. The molecule has 2 aromatic rings. The van der Waals surface area contributed by atoms with Crippen molar-refractivity contribution in [2.75, 3.05) is 6.61 Å². The van der Waals surface area contributed by atoms with Crippen LogP contribution in [0.15, 0.2) is 36.4 Å². The number of ether oxygens (including phenoxy) is 1. The lowest BCUT2D eigenvalue weighted by Gasteiger charge is -2.16. The van der Waals surface area contributed by atoms with Gasteiger partial charge in [-0.15, -0.1) is 0 Å². The van der Waals surface area contributed by atoms with Gasteiger partial charge in [0.25, 0.3) is 0 Å². The lowest BCUT2D eigenvalue weighted by Crippen LogP contribution is -2.02. The second-order valence-corrected chi connectivity index (χ2v) is 5.55. The summed E-state index contributed by atoms with van der Waals surface area (Å²) in [5.41, 5.74) is 2.59. The van der Waals surface area contributed by atoms with Crippen LogP contribution in [-0.4, -0.2) is 11.7 Å². The summed E-state index contributed by atoms with van der Waals surface area (Å²) in [6.45, 7) is 4.48. The third kappa shape index (κ3) is 3.70. The highest BCUT2D eigenvalue weighted by atomic mass is 35.5. The molecule has 0 heterocycles. The van der Waals surface area contributed by atoms with E-state index in [-0.39, 0.29) is 0 Å². The van der Waals surface area contributed by atoms with Crippen LogP contribution in [0.4, 0.5) is 0 Å². The molecular formula is C17H18Cl2O2. The molecule has 0 aromatic heterocycles. The molecule has 2 nitrogen and oxygen atoms in total. The minimum Gasteiger partial charge on any atom is -0.492 e. The van der Waals surface area contributed by atoms with Crippen LogP contribution in [0.1, 0.15) is 36.6 Å². The molecule has 1 atom stereocenters. The molecule has 0 saturated carbocycles. The van der Waals surface area contributed by atoms with Crippen LogP contribution in [0.25, 0.3) is 0 Å². The molecule has 0 aliphatic rings. The highest BCUT2D eigenvalue weighted by molar-refractivity contribution is 6.34. The molecule has 21 heavy (non-hydrogen) atoms. The molecule has 0 spiro atoms. The van der Waals surface area contributed by atoms with Crippen LogP contribution >= 0.6 is 23.2 Å². The van der Waals surface area contributed by atoms with Gasteiger partial charge >= 0.3 is 0 Å². The summed E-state index contributed by atoms with van der Waals surface area (Å²) >= 11 is 12.4. The van der Waals surface area contributed by atoms with Gasteiger partial charge in [0, 0.05) is 11.6 Å². The zero-order valence-corrected chi connectivity index (χ0v) is 13.6. The van der Waals surface area contributed by atoms with E-state index in [1.165, 1.54) is 5.56 Å². The van der Waals surface area contributed by atoms with Gasteiger partial charge < -0.3 is 9.84 Å². The van der Waals surface area contributed by atoms with E-state index < -0.39 is 6.10 Å². The Labute approximate surface area is 135 Å². The monoisotopic (exact) mass is 324 g/mol. The first-order chi connectivity index (χ1) is 10.1. The number of rotatable bonds is 5. The lowest BCUT2D eigenvalue weighted by atomic mass is 9.99. The van der Waals surface area contributed by atoms with Gasteiger partial charge in [0.2, 0.25) is 0 Å². The summed E-state index contributed by atoms with van der Waals surface area (Å²) in [6.07, 6.45) is 0.156. The predicted octanol–water partition coefficient (Wildman–Crippen LogP) is 5.04. The van der Waals surface area contributed by atoms with Gasteiger partial charge in [-0.1, -0.05) is 54.4 Å². The van der Waals surface area contributed by atoms with E-state index in [1.54, 1.807) is 12.1 Å². The minimum absolute atomic E-state index is 0.440. The third-order valence-corrected chi connectivity index (χ3v) is 3.97. The fraction of sp³-hybridized carbons (Fsp3) is 0.294. The Kier molecular flexibility index (Phi) is 5.51. The molecule has 0 radical (unpaired) electrons. The van der Waals surface area contributed by atoms with Crippen molar-refractivity contribution < 1.29 is 9.84 Å². The first-order valence-electron chi connectivity index (χ1n) is 6.95. The number of benzene rings is 2. The van der Waals surface area contributed by atoms with E-state index in [2.05, 4.69) is 6.92 Å². The molecule has 112 valence electrons. The second-order valence-electron chi connectivity index (χ2n) is 4.73. The van der Waals surface area contributed by atoms with Crippen molar-refractivity contribution in [1.29, 1.82) is 0 Å². The summed E-state index contributed by atoms with van der Waals surface area (Å²) in [4.78, 5) is 0. The molecule has 0 bridgehead atoms. The van der Waals surface area contributed by atoms with Crippen LogP contribution in [0.5, 0.6) is 5.75 Å². The minimum atomic E-state index is -0.809. The number of aliphatic hydroxyl groups excluding tert-OH is 1. The molecule has 0 saturated heterocycles. The van der Waals surface area contributed by atoms with Crippen LogP contribution in [0.2, 0.25) is 10.0 Å². The standard InChI is InChI=1S/C17H18Cl2O2/c1-3-11-5-7-12(8-6-11)17(20)13-9-15(19)16(21-4-2)10-14(13)18/h5-10,17,20H,3-4H2,1-2H3. The Morgan fingerprint density at radius 2 is 1.71 bits per heavy atom. The Balaban J connectivity index is 2.33. The summed E-state index contributed by atoms with van der Waals surface area (Å²) in [5.74, 6) is 0.529. The normalized spacial score (nSPS) is 12.2. The van der Waals surface area contributed by atoms with Gasteiger partial charge in [-0.05, 0) is 30.5 Å². The molecule has 1 unspecified atom stereocenters. The van der Waals surface area contributed by atoms with Gasteiger partial charge in [-0.2, -0.15) is 0 Å². The SMILES string of the molecule is CCOc1cc(Cl)c(C(O)c2ccc(CC)cc2)cc1Cl. The van der Waals surface area contributed by atoms with Gasteiger partial charge in [0.15, 0.2) is 0 Å². The van der Waals surface area contributed by atoms with Crippen molar-refractivity contribution in [2.45, 2.75) is 26.4 Å². The summed E-state index contributed by atoms with van der Waals surface area (Å²) in [7, 11) is 0. The Morgan fingerprint density at radius 1 is 1.05 bits per heavy atom. The molecule has 2 rings (SSSR count). The summed E-state index contributed by atoms with van der Waals surface area (Å²) in [6, 6.07) is 11.1. The van der Waals surface area contributed by atoms with Crippen molar-refractivity contribution in [3.8, 4) is 5.75 Å². The summed E-state index contributed by atoms with van der Waals surface area (Å²) in [5, 5.41) is 11.4. The smallest absolute Gasteiger partial charge is 0.139 e. The molecule has 0 aliphatic carbocycles. The zero-order chi connectivity index (χ0) is 15.4. The van der Waals surface area contributed by atoms with Crippen molar-refractivity contribution in [3.63, 3.8) is 0 Å². The van der Waals surface area contributed by atoms with Crippen LogP contribution < -0.4 is 4.74 Å². The molecule has 2 aromatic carbocycles. The Hall–Kier alpha value is -1.22. The Bertz CT molecular complexity index is 609. The zero-order valence-electron chi connectivity index (χ0n) is 12.1. The van der Waals surface area contributed by atoms with E-state index >= 15 is 0 Å². The first kappa shape index (κ1) is 16.2. The average molecular weight is 325 g/mol. The number of aryl methyl sites for hydroxylation is 1. The molecule has 4 heteroatoms. The predicted molar refractivity (Wildman–Crippen MR) is 87.5 cm³/mol. The Morgan fingerprint density at radius 3 is 2.29 bits per heavy atom. The highest BCUT2D eigenvalue weighted by Gasteiger charge is 2.17. The van der Waals surface area contributed by atoms with E-state index in [4.69, 9.17) is 27.9 Å². The highest BCUT2D eigenvalue weighted by Crippen LogP contribution is 2.36. The summed E-state index contributed by atoms with van der Waals surface area (Å²) < 4.78 is 5.39. The van der Waals surface area contributed by atoms with E-state index in [0.29, 0.717) is 28.0 Å². The fourth-order valence-electron chi connectivity index (χ4n) is 2.13. The second kappa shape index (κ2) is 7.17. The van der Waals surface area contributed by atoms with Gasteiger partial charge in [0.1, 0.15) is 11.9 Å². The van der Waals surface area contributed by atoms with Crippen LogP contribution in [-0.2, 0) is 6.42 Å². The molecule has 0 aliphatic heterocycles. The van der Waals surface area contributed by atoms with Crippen molar-refractivity contribution >= 4 is 23.2 Å².